The molecule has 3 nitrogen and oxygen atoms in total. The Balaban J connectivity index is 1.91. The quantitative estimate of drug-likeness (QED) is 0.674. The smallest absolute Gasteiger partial charge is 0.0137 e. The highest BCUT2D eigenvalue weighted by Gasteiger charge is 2.29. The second kappa shape index (κ2) is 5.10. The van der Waals surface area contributed by atoms with Crippen LogP contribution < -0.4 is 11.1 Å². The molecule has 2 atom stereocenters. The average Bonchev–Trinajstić information content (AvgIpc) is 2.30. The summed E-state index contributed by atoms with van der Waals surface area (Å²) in [5.74, 6) is 0.766. The van der Waals surface area contributed by atoms with Gasteiger partial charge in [0, 0.05) is 32.2 Å². The summed E-state index contributed by atoms with van der Waals surface area (Å²) >= 11 is 0. The van der Waals surface area contributed by atoms with Crippen LogP contribution in [0.15, 0.2) is 0 Å². The summed E-state index contributed by atoms with van der Waals surface area (Å²) in [6, 6.07) is 0.788. The molecule has 1 aliphatic heterocycles. The fourth-order valence-electron chi connectivity index (χ4n) is 2.96. The molecule has 0 spiro atoms. The highest BCUT2D eigenvalue weighted by molar-refractivity contribution is 4.85. The number of nitrogens with zero attached hydrogens (tertiary/aromatic N) is 1. The number of rotatable bonds is 2. The summed E-state index contributed by atoms with van der Waals surface area (Å²) in [5.41, 5.74) is 5.86. The molecule has 3 heteroatoms. The van der Waals surface area contributed by atoms with Gasteiger partial charge in [-0.3, -0.25) is 4.90 Å². The maximum absolute atomic E-state index is 5.86. The molecule has 1 heterocycles. The summed E-state index contributed by atoms with van der Waals surface area (Å²) in [7, 11) is 0. The van der Waals surface area contributed by atoms with Gasteiger partial charge in [0.1, 0.15) is 0 Å². The van der Waals surface area contributed by atoms with Crippen molar-refractivity contribution in [3.05, 3.63) is 0 Å². The Labute approximate surface area is 87.0 Å². The predicted octanol–water partition coefficient (Wildman–Crippen LogP) is 0.409. The lowest BCUT2D eigenvalue weighted by Crippen LogP contribution is -2.52. The second-order valence-corrected chi connectivity index (χ2v) is 4.63. The van der Waals surface area contributed by atoms with Gasteiger partial charge in [0.2, 0.25) is 0 Å². The number of nitrogens with two attached hydrogens (primary N) is 1. The number of hydrogen-bond donors (Lipinski definition) is 2. The van der Waals surface area contributed by atoms with Crippen molar-refractivity contribution in [2.24, 2.45) is 11.7 Å². The Bertz CT molecular complexity index is 166. The lowest BCUT2D eigenvalue weighted by Gasteiger charge is -2.41. The summed E-state index contributed by atoms with van der Waals surface area (Å²) in [6.07, 6.45) is 5.53. The minimum absolute atomic E-state index is 0.766. The molecule has 0 aromatic rings. The van der Waals surface area contributed by atoms with Crippen molar-refractivity contribution in [2.75, 3.05) is 32.7 Å². The number of nitrogens with one attached hydrogen (secondary N) is 1. The monoisotopic (exact) mass is 197 g/mol. The van der Waals surface area contributed by atoms with Crippen LogP contribution in [0, 0.1) is 5.92 Å². The van der Waals surface area contributed by atoms with E-state index in [0.717, 1.165) is 31.6 Å². The maximum Gasteiger partial charge on any atom is 0.0137 e. The minimum atomic E-state index is 0.766. The summed E-state index contributed by atoms with van der Waals surface area (Å²) < 4.78 is 0. The molecule has 0 bridgehead atoms. The van der Waals surface area contributed by atoms with Gasteiger partial charge in [-0.15, -0.1) is 0 Å². The van der Waals surface area contributed by atoms with E-state index in [1.165, 1.54) is 38.8 Å². The fourth-order valence-corrected chi connectivity index (χ4v) is 2.96. The van der Waals surface area contributed by atoms with E-state index in [4.69, 9.17) is 5.73 Å². The van der Waals surface area contributed by atoms with Crippen LogP contribution in [0.4, 0.5) is 0 Å². The Morgan fingerprint density at radius 1 is 1.14 bits per heavy atom. The van der Waals surface area contributed by atoms with Crippen molar-refractivity contribution >= 4 is 0 Å². The average molecular weight is 197 g/mol. The molecule has 82 valence electrons. The first-order chi connectivity index (χ1) is 6.92. The zero-order valence-corrected chi connectivity index (χ0v) is 9.04. The molecule has 2 fully saturated rings. The SMILES string of the molecule is NCC1CCCCC1N1CCNCC1. The maximum atomic E-state index is 5.86. The molecular formula is C11H23N3. The lowest BCUT2D eigenvalue weighted by atomic mass is 9.83. The summed E-state index contributed by atoms with van der Waals surface area (Å²) in [6.45, 7) is 5.65. The van der Waals surface area contributed by atoms with Crippen LogP contribution in [0.2, 0.25) is 0 Å². The van der Waals surface area contributed by atoms with Gasteiger partial charge in [-0.25, -0.2) is 0 Å². The van der Waals surface area contributed by atoms with Crippen molar-refractivity contribution in [2.45, 2.75) is 31.7 Å². The lowest BCUT2D eigenvalue weighted by molar-refractivity contribution is 0.0944. The Hall–Kier alpha value is -0.120. The third kappa shape index (κ3) is 2.27. The molecule has 0 radical (unpaired) electrons. The standard InChI is InChI=1S/C11H23N3/c12-9-10-3-1-2-4-11(10)14-7-5-13-6-8-14/h10-11,13H,1-9,12H2. The van der Waals surface area contributed by atoms with Gasteiger partial charge >= 0.3 is 0 Å². The van der Waals surface area contributed by atoms with E-state index in [2.05, 4.69) is 10.2 Å². The van der Waals surface area contributed by atoms with E-state index in [0.29, 0.717) is 0 Å². The summed E-state index contributed by atoms with van der Waals surface area (Å²) in [4.78, 5) is 2.66. The van der Waals surface area contributed by atoms with Gasteiger partial charge in [0.05, 0.1) is 0 Å². The molecule has 2 unspecified atom stereocenters. The molecule has 1 saturated carbocycles. The van der Waals surface area contributed by atoms with Crippen LogP contribution in [0.1, 0.15) is 25.7 Å². The van der Waals surface area contributed by atoms with Crippen molar-refractivity contribution in [1.29, 1.82) is 0 Å². The van der Waals surface area contributed by atoms with E-state index in [-0.39, 0.29) is 0 Å². The first-order valence-corrected chi connectivity index (χ1v) is 6.06. The van der Waals surface area contributed by atoms with Gasteiger partial charge in [-0.2, -0.15) is 0 Å². The highest BCUT2D eigenvalue weighted by atomic mass is 15.2. The van der Waals surface area contributed by atoms with E-state index in [1.54, 1.807) is 0 Å². The van der Waals surface area contributed by atoms with Gasteiger partial charge in [0.25, 0.3) is 0 Å². The van der Waals surface area contributed by atoms with E-state index >= 15 is 0 Å². The Morgan fingerprint density at radius 2 is 1.86 bits per heavy atom. The molecule has 0 amide bonds. The van der Waals surface area contributed by atoms with Gasteiger partial charge in [-0.1, -0.05) is 12.8 Å². The van der Waals surface area contributed by atoms with Crippen molar-refractivity contribution in [1.82, 2.24) is 10.2 Å². The Kier molecular flexibility index (Phi) is 3.79. The molecule has 2 rings (SSSR count). The van der Waals surface area contributed by atoms with E-state index < -0.39 is 0 Å². The third-order valence-electron chi connectivity index (χ3n) is 3.79. The molecule has 0 aromatic carbocycles. The van der Waals surface area contributed by atoms with Gasteiger partial charge < -0.3 is 11.1 Å². The van der Waals surface area contributed by atoms with Crippen molar-refractivity contribution in [3.8, 4) is 0 Å². The van der Waals surface area contributed by atoms with Crippen LogP contribution in [0.3, 0.4) is 0 Å². The molecular weight excluding hydrogens is 174 g/mol. The first kappa shape index (κ1) is 10.4. The molecule has 1 saturated heterocycles. The first-order valence-electron chi connectivity index (χ1n) is 6.06. The summed E-state index contributed by atoms with van der Waals surface area (Å²) in [5, 5.41) is 3.41. The number of piperazine rings is 1. The highest BCUT2D eigenvalue weighted by Crippen LogP contribution is 2.27. The zero-order valence-electron chi connectivity index (χ0n) is 9.04. The molecule has 14 heavy (non-hydrogen) atoms. The normalized spacial score (nSPS) is 35.8. The molecule has 2 aliphatic rings. The van der Waals surface area contributed by atoms with Gasteiger partial charge in [-0.05, 0) is 25.3 Å². The zero-order chi connectivity index (χ0) is 9.80. The topological polar surface area (TPSA) is 41.3 Å². The Morgan fingerprint density at radius 3 is 2.57 bits per heavy atom. The molecule has 1 aliphatic carbocycles. The van der Waals surface area contributed by atoms with Crippen LogP contribution in [-0.4, -0.2) is 43.7 Å². The van der Waals surface area contributed by atoms with Crippen LogP contribution in [0.5, 0.6) is 0 Å². The third-order valence-corrected chi connectivity index (χ3v) is 3.79. The van der Waals surface area contributed by atoms with Crippen LogP contribution in [0.25, 0.3) is 0 Å². The largest absolute Gasteiger partial charge is 0.330 e. The van der Waals surface area contributed by atoms with Crippen molar-refractivity contribution < 1.29 is 0 Å². The van der Waals surface area contributed by atoms with Crippen molar-refractivity contribution in [3.63, 3.8) is 0 Å². The molecule has 3 N–H and O–H groups in total. The minimum Gasteiger partial charge on any atom is -0.330 e. The predicted molar refractivity (Wildman–Crippen MR) is 59.2 cm³/mol. The van der Waals surface area contributed by atoms with Crippen LogP contribution >= 0.6 is 0 Å². The number of hydrogen-bond acceptors (Lipinski definition) is 3. The van der Waals surface area contributed by atoms with E-state index in [9.17, 15) is 0 Å². The van der Waals surface area contributed by atoms with E-state index in [1.807, 2.05) is 0 Å². The molecule has 0 aromatic heterocycles. The van der Waals surface area contributed by atoms with Gasteiger partial charge in [0.15, 0.2) is 0 Å². The van der Waals surface area contributed by atoms with Crippen LogP contribution in [-0.2, 0) is 0 Å². The fraction of sp³-hybridized carbons (Fsp3) is 1.00. The second-order valence-electron chi connectivity index (χ2n) is 4.63.